The van der Waals surface area contributed by atoms with Gasteiger partial charge in [-0.1, -0.05) is 49.4 Å². The smallest absolute Gasteiger partial charge is 0.252 e. The molecule has 5 rings (SSSR count). The van der Waals surface area contributed by atoms with E-state index >= 15 is 0 Å². The van der Waals surface area contributed by atoms with E-state index in [-0.39, 0.29) is 11.6 Å². The van der Waals surface area contributed by atoms with E-state index in [1.807, 2.05) is 60.1 Å². The van der Waals surface area contributed by atoms with Gasteiger partial charge in [0.1, 0.15) is 5.76 Å². The number of rotatable bonds is 9. The summed E-state index contributed by atoms with van der Waals surface area (Å²) < 4.78 is 7.51. The summed E-state index contributed by atoms with van der Waals surface area (Å²) >= 11 is 0. The van der Waals surface area contributed by atoms with Crippen LogP contribution in [0.15, 0.2) is 82.2 Å². The van der Waals surface area contributed by atoms with Crippen molar-refractivity contribution < 1.29 is 4.42 Å². The van der Waals surface area contributed by atoms with Crippen molar-refractivity contribution in [3.8, 4) is 0 Å². The van der Waals surface area contributed by atoms with Crippen molar-refractivity contribution in [2.75, 3.05) is 0 Å². The summed E-state index contributed by atoms with van der Waals surface area (Å²) in [6.07, 6.45) is 2.43. The molecule has 0 radical (unpaired) electrons. The fourth-order valence-corrected chi connectivity index (χ4v) is 4.50. The number of hydrogen-bond donors (Lipinski definition) is 1. The van der Waals surface area contributed by atoms with Crippen LogP contribution in [-0.4, -0.2) is 30.1 Å². The third kappa shape index (κ3) is 5.07. The Labute approximate surface area is 203 Å². The fraction of sp³-hybridized carbons (Fsp3) is 0.259. The van der Waals surface area contributed by atoms with E-state index in [0.717, 1.165) is 40.0 Å². The van der Waals surface area contributed by atoms with E-state index in [2.05, 4.69) is 50.5 Å². The minimum Gasteiger partial charge on any atom is -0.468 e. The first-order chi connectivity index (χ1) is 17.1. The number of benzene rings is 2. The summed E-state index contributed by atoms with van der Waals surface area (Å²) in [6.45, 7) is 5.65. The van der Waals surface area contributed by atoms with Gasteiger partial charge in [0, 0.05) is 17.6 Å². The minimum absolute atomic E-state index is 0.0914. The third-order valence-electron chi connectivity index (χ3n) is 6.25. The van der Waals surface area contributed by atoms with E-state index in [1.165, 1.54) is 0 Å². The minimum atomic E-state index is -0.119. The van der Waals surface area contributed by atoms with Crippen LogP contribution in [0.3, 0.4) is 0 Å². The van der Waals surface area contributed by atoms with Crippen LogP contribution in [0.25, 0.3) is 10.9 Å². The van der Waals surface area contributed by atoms with Crippen molar-refractivity contribution in [3.63, 3.8) is 0 Å². The Morgan fingerprint density at radius 1 is 1.06 bits per heavy atom. The lowest BCUT2D eigenvalue weighted by Crippen LogP contribution is -2.32. The molecule has 1 N–H and O–H groups in total. The molecule has 0 bridgehead atoms. The number of furan rings is 1. The second-order valence-electron chi connectivity index (χ2n) is 8.80. The molecule has 0 aliphatic carbocycles. The molecule has 0 spiro atoms. The average molecular weight is 469 g/mol. The molecule has 0 amide bonds. The van der Waals surface area contributed by atoms with Gasteiger partial charge in [-0.05, 0) is 64.5 Å². The number of hydrogen-bond acceptors (Lipinski definition) is 6. The molecule has 0 saturated carbocycles. The maximum atomic E-state index is 13.0. The Morgan fingerprint density at radius 2 is 1.91 bits per heavy atom. The first kappa shape index (κ1) is 22.7. The lowest BCUT2D eigenvalue weighted by atomic mass is 10.1. The Balaban J connectivity index is 1.50. The molecule has 0 unspecified atom stereocenters. The first-order valence-electron chi connectivity index (χ1n) is 11.8. The Hall–Kier alpha value is -4.04. The monoisotopic (exact) mass is 468 g/mol. The van der Waals surface area contributed by atoms with Gasteiger partial charge in [0.25, 0.3) is 5.56 Å². The van der Waals surface area contributed by atoms with Crippen LogP contribution in [0, 0.1) is 6.92 Å². The van der Waals surface area contributed by atoms with Gasteiger partial charge in [0.15, 0.2) is 5.82 Å². The van der Waals surface area contributed by atoms with Gasteiger partial charge in [0.05, 0.1) is 25.4 Å². The van der Waals surface area contributed by atoms with E-state index < -0.39 is 0 Å². The molecule has 3 heterocycles. The molecule has 5 aromatic rings. The zero-order valence-corrected chi connectivity index (χ0v) is 19.9. The Bertz CT molecular complexity index is 1460. The highest BCUT2D eigenvalue weighted by Gasteiger charge is 2.26. The summed E-state index contributed by atoms with van der Waals surface area (Å²) in [4.78, 5) is 18.3. The van der Waals surface area contributed by atoms with Gasteiger partial charge in [-0.2, -0.15) is 0 Å². The van der Waals surface area contributed by atoms with Crippen molar-refractivity contribution in [2.24, 2.45) is 0 Å². The van der Waals surface area contributed by atoms with Crippen molar-refractivity contribution in [1.82, 2.24) is 30.1 Å². The summed E-state index contributed by atoms with van der Waals surface area (Å²) in [5.74, 6) is 1.58. The summed E-state index contributed by atoms with van der Waals surface area (Å²) in [5, 5.41) is 13.7. The number of aryl methyl sites for hydroxylation is 1. The molecule has 8 heteroatoms. The van der Waals surface area contributed by atoms with Gasteiger partial charge >= 0.3 is 0 Å². The zero-order valence-electron chi connectivity index (χ0n) is 19.9. The molecule has 178 valence electrons. The highest BCUT2D eigenvalue weighted by atomic mass is 16.3. The van der Waals surface area contributed by atoms with Crippen molar-refractivity contribution in [1.29, 1.82) is 0 Å². The highest BCUT2D eigenvalue weighted by Crippen LogP contribution is 2.27. The second-order valence-corrected chi connectivity index (χ2v) is 8.80. The van der Waals surface area contributed by atoms with Gasteiger partial charge in [-0.25, -0.2) is 4.68 Å². The lowest BCUT2D eigenvalue weighted by Gasteiger charge is -2.29. The van der Waals surface area contributed by atoms with E-state index in [1.54, 1.807) is 6.26 Å². The molecular weight excluding hydrogens is 440 g/mol. The highest BCUT2D eigenvalue weighted by molar-refractivity contribution is 5.79. The maximum absolute atomic E-state index is 13.0. The van der Waals surface area contributed by atoms with Crippen molar-refractivity contribution in [2.45, 2.75) is 45.9 Å². The third-order valence-corrected chi connectivity index (χ3v) is 6.25. The predicted octanol–water partition coefficient (Wildman–Crippen LogP) is 4.62. The summed E-state index contributed by atoms with van der Waals surface area (Å²) in [5.41, 5.74) is 3.67. The number of nitrogens with one attached hydrogen (secondary N) is 1. The van der Waals surface area contributed by atoms with Gasteiger partial charge in [-0.3, -0.25) is 9.69 Å². The van der Waals surface area contributed by atoms with E-state index in [0.29, 0.717) is 25.2 Å². The largest absolute Gasteiger partial charge is 0.468 e. The molecule has 0 aliphatic rings. The summed E-state index contributed by atoms with van der Waals surface area (Å²) in [6, 6.07) is 21.9. The molecule has 35 heavy (non-hydrogen) atoms. The molecule has 2 aromatic carbocycles. The second kappa shape index (κ2) is 10.1. The van der Waals surface area contributed by atoms with Crippen LogP contribution in [0.4, 0.5) is 0 Å². The normalized spacial score (nSPS) is 12.4. The number of H-pyrrole nitrogens is 1. The SMILES string of the molecule is CC[C@H](c1nnnn1Cc1ccccc1)N(Cc1ccco1)Cc1cc2ccc(C)cc2[nH]c1=O. The number of pyridine rings is 1. The number of aromatic nitrogens is 5. The van der Waals surface area contributed by atoms with E-state index in [9.17, 15) is 4.79 Å². The molecule has 0 fully saturated rings. The molecular formula is C27H28N6O2. The quantitative estimate of drug-likeness (QED) is 0.339. The van der Waals surface area contributed by atoms with Gasteiger partial charge in [0.2, 0.25) is 0 Å². The number of tetrazole rings is 1. The predicted molar refractivity (Wildman–Crippen MR) is 134 cm³/mol. The molecule has 3 aromatic heterocycles. The molecule has 1 atom stereocenters. The Kier molecular flexibility index (Phi) is 6.54. The van der Waals surface area contributed by atoms with E-state index in [4.69, 9.17) is 4.42 Å². The molecule has 0 saturated heterocycles. The van der Waals surface area contributed by atoms with Crippen LogP contribution < -0.4 is 5.56 Å². The van der Waals surface area contributed by atoms with Crippen LogP contribution in [0.1, 0.15) is 47.7 Å². The number of fused-ring (bicyclic) bond motifs is 1. The van der Waals surface area contributed by atoms with Crippen LogP contribution >= 0.6 is 0 Å². The molecule has 8 nitrogen and oxygen atoms in total. The van der Waals surface area contributed by atoms with Gasteiger partial charge < -0.3 is 9.40 Å². The average Bonchev–Trinajstić information content (AvgIpc) is 3.53. The Morgan fingerprint density at radius 3 is 2.69 bits per heavy atom. The topological polar surface area (TPSA) is 92.8 Å². The van der Waals surface area contributed by atoms with Crippen molar-refractivity contribution >= 4 is 10.9 Å². The van der Waals surface area contributed by atoms with Crippen molar-refractivity contribution in [3.05, 3.63) is 112 Å². The van der Waals surface area contributed by atoms with Crippen LogP contribution in [0.2, 0.25) is 0 Å². The van der Waals surface area contributed by atoms with Gasteiger partial charge in [-0.15, -0.1) is 5.10 Å². The number of nitrogens with zero attached hydrogens (tertiary/aromatic N) is 5. The molecule has 0 aliphatic heterocycles. The van der Waals surface area contributed by atoms with Crippen LogP contribution in [-0.2, 0) is 19.6 Å². The fourth-order valence-electron chi connectivity index (χ4n) is 4.50. The zero-order chi connectivity index (χ0) is 24.2. The lowest BCUT2D eigenvalue weighted by molar-refractivity contribution is 0.149. The van der Waals surface area contributed by atoms with Crippen LogP contribution in [0.5, 0.6) is 0 Å². The number of aromatic amines is 1. The summed E-state index contributed by atoms with van der Waals surface area (Å²) in [7, 11) is 0. The first-order valence-corrected chi connectivity index (χ1v) is 11.8. The maximum Gasteiger partial charge on any atom is 0.252 e. The standard InChI is InChI=1S/C27H28N6O2/c1-3-25(26-29-30-31-33(26)16-20-8-5-4-6-9-20)32(18-23-10-7-13-35-23)17-22-15-21-12-11-19(2)14-24(21)28-27(22)34/h4-15,25H,3,16-18H2,1-2H3,(H,28,34)/t25-/m1/s1.